The topological polar surface area (TPSA) is 61.2 Å². The number of hydrogen-bond donors (Lipinski definition) is 0. The Balaban J connectivity index is 2.23. The van der Waals surface area contributed by atoms with Crippen molar-refractivity contribution in [3.05, 3.63) is 39.0 Å². The van der Waals surface area contributed by atoms with Crippen molar-refractivity contribution < 1.29 is 13.9 Å². The molecule has 1 aliphatic rings. The van der Waals surface area contributed by atoms with Crippen molar-refractivity contribution in [2.24, 2.45) is 0 Å². The SMILES string of the molecule is CC(C)(C)OC(=O)c1cn(C2CCCCC2)c2nc(Cl)c(F)cc2c1=O. The lowest BCUT2D eigenvalue weighted by Gasteiger charge is -2.26. The lowest BCUT2D eigenvalue weighted by atomic mass is 9.95. The molecule has 0 saturated heterocycles. The smallest absolute Gasteiger partial charge is 0.344 e. The van der Waals surface area contributed by atoms with Gasteiger partial charge in [0.2, 0.25) is 5.43 Å². The van der Waals surface area contributed by atoms with E-state index >= 15 is 0 Å². The Morgan fingerprint density at radius 3 is 2.58 bits per heavy atom. The van der Waals surface area contributed by atoms with E-state index in [-0.39, 0.29) is 22.1 Å². The maximum Gasteiger partial charge on any atom is 0.344 e. The summed E-state index contributed by atoms with van der Waals surface area (Å²) in [5, 5.41) is -0.243. The third-order valence-electron chi connectivity index (χ3n) is 4.50. The van der Waals surface area contributed by atoms with Gasteiger partial charge < -0.3 is 9.30 Å². The van der Waals surface area contributed by atoms with Crippen LogP contribution in [0.5, 0.6) is 0 Å². The van der Waals surface area contributed by atoms with Crippen LogP contribution in [0.25, 0.3) is 11.0 Å². The van der Waals surface area contributed by atoms with E-state index in [4.69, 9.17) is 16.3 Å². The average Bonchev–Trinajstić information content (AvgIpc) is 2.56. The Kier molecular flexibility index (Phi) is 5.06. The maximum absolute atomic E-state index is 13.9. The molecule has 2 aromatic heterocycles. The zero-order valence-corrected chi connectivity index (χ0v) is 15.9. The van der Waals surface area contributed by atoms with E-state index in [2.05, 4.69) is 4.98 Å². The second-order valence-electron chi connectivity index (χ2n) is 7.71. The first-order valence-electron chi connectivity index (χ1n) is 8.81. The monoisotopic (exact) mass is 380 g/mol. The standard InChI is InChI=1S/C19H22ClFN2O3/c1-19(2,3)26-18(25)13-10-23(11-7-5-4-6-8-11)17-12(15(13)24)9-14(21)16(20)22-17/h9-11H,4-8H2,1-3H3. The fraction of sp³-hybridized carbons (Fsp3) is 0.526. The fourth-order valence-corrected chi connectivity index (χ4v) is 3.48. The van der Waals surface area contributed by atoms with Gasteiger partial charge in [0, 0.05) is 12.2 Å². The number of halogens is 2. The Morgan fingerprint density at radius 2 is 1.96 bits per heavy atom. The average molecular weight is 381 g/mol. The molecule has 140 valence electrons. The summed E-state index contributed by atoms with van der Waals surface area (Å²) in [5.41, 5.74) is -1.14. The molecule has 26 heavy (non-hydrogen) atoms. The molecule has 0 spiro atoms. The second-order valence-corrected chi connectivity index (χ2v) is 8.06. The molecule has 1 fully saturated rings. The van der Waals surface area contributed by atoms with Crippen LogP contribution < -0.4 is 5.43 Å². The largest absolute Gasteiger partial charge is 0.456 e. The van der Waals surface area contributed by atoms with E-state index in [1.807, 2.05) is 0 Å². The van der Waals surface area contributed by atoms with Gasteiger partial charge in [0.25, 0.3) is 0 Å². The molecule has 1 saturated carbocycles. The number of fused-ring (bicyclic) bond motifs is 1. The lowest BCUT2D eigenvalue weighted by molar-refractivity contribution is 0.00672. The predicted octanol–water partition coefficient (Wildman–Crippen LogP) is 4.65. The van der Waals surface area contributed by atoms with E-state index in [0.29, 0.717) is 5.65 Å². The quantitative estimate of drug-likeness (QED) is 0.562. The van der Waals surface area contributed by atoms with Gasteiger partial charge in [-0.1, -0.05) is 30.9 Å². The number of rotatable bonds is 2. The molecule has 2 heterocycles. The van der Waals surface area contributed by atoms with Crippen LogP contribution in [0, 0.1) is 5.82 Å². The summed E-state index contributed by atoms with van der Waals surface area (Å²) in [6, 6.07) is 1.14. The number of carbonyl (C=O) groups excluding carboxylic acids is 1. The summed E-state index contributed by atoms with van der Waals surface area (Å²) in [6.07, 6.45) is 6.56. The minimum Gasteiger partial charge on any atom is -0.456 e. The second kappa shape index (κ2) is 6.99. The molecular formula is C19H22ClFN2O3. The highest BCUT2D eigenvalue weighted by Crippen LogP contribution is 2.31. The van der Waals surface area contributed by atoms with E-state index in [1.165, 1.54) is 6.20 Å². The third kappa shape index (κ3) is 3.75. The minimum absolute atomic E-state index is 0.0424. The molecule has 0 aromatic carbocycles. The number of carbonyl (C=O) groups is 1. The molecule has 7 heteroatoms. The van der Waals surface area contributed by atoms with E-state index in [1.54, 1.807) is 25.3 Å². The van der Waals surface area contributed by atoms with Crippen LogP contribution in [-0.4, -0.2) is 21.1 Å². The zero-order chi connectivity index (χ0) is 19.1. The van der Waals surface area contributed by atoms with Gasteiger partial charge in [-0.15, -0.1) is 0 Å². The molecule has 1 aliphatic carbocycles. The molecule has 0 radical (unpaired) electrons. The first-order valence-corrected chi connectivity index (χ1v) is 9.19. The Hall–Kier alpha value is -1.95. The highest BCUT2D eigenvalue weighted by molar-refractivity contribution is 6.29. The highest BCUT2D eigenvalue weighted by Gasteiger charge is 2.26. The van der Waals surface area contributed by atoms with Gasteiger partial charge in [-0.25, -0.2) is 14.2 Å². The molecule has 0 N–H and O–H groups in total. The molecule has 0 unspecified atom stereocenters. The number of pyridine rings is 2. The maximum atomic E-state index is 13.9. The molecule has 5 nitrogen and oxygen atoms in total. The fourth-order valence-electron chi connectivity index (χ4n) is 3.34. The number of ether oxygens (including phenoxy) is 1. The van der Waals surface area contributed by atoms with Crippen molar-refractivity contribution in [3.63, 3.8) is 0 Å². The molecule has 0 aliphatic heterocycles. The van der Waals surface area contributed by atoms with Gasteiger partial charge in [-0.05, 0) is 39.7 Å². The first kappa shape index (κ1) is 18.8. The number of nitrogens with zero attached hydrogens (tertiary/aromatic N) is 2. The van der Waals surface area contributed by atoms with Gasteiger partial charge in [0.05, 0.1) is 5.39 Å². The van der Waals surface area contributed by atoms with Crippen molar-refractivity contribution in [2.75, 3.05) is 0 Å². The van der Waals surface area contributed by atoms with Crippen LogP contribution in [0.2, 0.25) is 5.15 Å². The van der Waals surface area contributed by atoms with Crippen molar-refractivity contribution in [1.82, 2.24) is 9.55 Å². The lowest BCUT2D eigenvalue weighted by Crippen LogP contribution is -2.29. The van der Waals surface area contributed by atoms with Crippen LogP contribution in [0.15, 0.2) is 17.1 Å². The molecule has 0 amide bonds. The Bertz CT molecular complexity index is 912. The summed E-state index contributed by atoms with van der Waals surface area (Å²) in [5.74, 6) is -1.50. The van der Waals surface area contributed by atoms with Crippen LogP contribution in [0.3, 0.4) is 0 Å². The van der Waals surface area contributed by atoms with Crippen molar-refractivity contribution >= 4 is 28.6 Å². The van der Waals surface area contributed by atoms with Crippen LogP contribution >= 0.6 is 11.6 Å². The summed E-state index contributed by atoms with van der Waals surface area (Å²) < 4.78 is 21.1. The van der Waals surface area contributed by atoms with Crippen molar-refractivity contribution in [2.45, 2.75) is 64.5 Å². The molecule has 0 atom stereocenters. The minimum atomic E-state index is -0.784. The normalized spacial score (nSPS) is 16.0. The molecule has 0 bridgehead atoms. The highest BCUT2D eigenvalue weighted by atomic mass is 35.5. The predicted molar refractivity (Wildman–Crippen MR) is 98.3 cm³/mol. The van der Waals surface area contributed by atoms with Crippen molar-refractivity contribution in [1.29, 1.82) is 0 Å². The van der Waals surface area contributed by atoms with Crippen LogP contribution in [0.4, 0.5) is 4.39 Å². The molecule has 3 rings (SSSR count). The van der Waals surface area contributed by atoms with E-state index in [0.717, 1.165) is 38.2 Å². The summed E-state index contributed by atoms with van der Waals surface area (Å²) in [6.45, 7) is 5.19. The van der Waals surface area contributed by atoms with Crippen molar-refractivity contribution in [3.8, 4) is 0 Å². The zero-order valence-electron chi connectivity index (χ0n) is 15.1. The summed E-state index contributed by atoms with van der Waals surface area (Å²) in [7, 11) is 0. The number of aromatic nitrogens is 2. The number of hydrogen-bond acceptors (Lipinski definition) is 4. The Labute approximate surface area is 156 Å². The van der Waals surface area contributed by atoms with Gasteiger partial charge >= 0.3 is 5.97 Å². The molecule has 2 aromatic rings. The third-order valence-corrected chi connectivity index (χ3v) is 4.77. The number of esters is 1. The van der Waals surface area contributed by atoms with E-state index in [9.17, 15) is 14.0 Å². The Morgan fingerprint density at radius 1 is 1.31 bits per heavy atom. The summed E-state index contributed by atoms with van der Waals surface area (Å²) >= 11 is 5.85. The van der Waals surface area contributed by atoms with Gasteiger partial charge in [-0.3, -0.25) is 4.79 Å². The first-order chi connectivity index (χ1) is 12.2. The van der Waals surface area contributed by atoms with Crippen LogP contribution in [0.1, 0.15) is 69.3 Å². The van der Waals surface area contributed by atoms with Gasteiger partial charge in [-0.2, -0.15) is 0 Å². The summed E-state index contributed by atoms with van der Waals surface area (Å²) in [4.78, 5) is 29.4. The van der Waals surface area contributed by atoms with E-state index < -0.39 is 22.8 Å². The van der Waals surface area contributed by atoms with Gasteiger partial charge in [0.1, 0.15) is 16.8 Å². The molecular weight excluding hydrogens is 359 g/mol. The van der Waals surface area contributed by atoms with Crippen LogP contribution in [-0.2, 0) is 4.74 Å². The van der Waals surface area contributed by atoms with Gasteiger partial charge in [0.15, 0.2) is 11.0 Å².